The summed E-state index contributed by atoms with van der Waals surface area (Å²) in [6.45, 7) is 1.79. The number of nitrogens with one attached hydrogen (secondary N) is 2. The fourth-order valence-corrected chi connectivity index (χ4v) is 5.30. The molecule has 0 bridgehead atoms. The number of para-hydroxylation sites is 1. The van der Waals surface area contributed by atoms with Crippen LogP contribution in [0.15, 0.2) is 51.6 Å². The van der Waals surface area contributed by atoms with Gasteiger partial charge in [0, 0.05) is 29.5 Å². The number of thioether (sulfide) groups is 1. The van der Waals surface area contributed by atoms with Gasteiger partial charge >= 0.3 is 0 Å². The van der Waals surface area contributed by atoms with Crippen molar-refractivity contribution < 1.29 is 4.55 Å². The van der Waals surface area contributed by atoms with Crippen molar-refractivity contribution in [2.75, 3.05) is 13.1 Å². The van der Waals surface area contributed by atoms with Crippen LogP contribution in [0.4, 0.5) is 0 Å². The molecule has 1 unspecified atom stereocenters. The first-order valence-corrected chi connectivity index (χ1v) is 10.4. The molecule has 4 rings (SSSR count). The van der Waals surface area contributed by atoms with Gasteiger partial charge in [-0.25, -0.2) is 4.98 Å². The molecule has 0 spiro atoms. The summed E-state index contributed by atoms with van der Waals surface area (Å²) in [6.07, 6.45) is 1.63. The minimum Gasteiger partial charge on any atom is -0.593 e. The van der Waals surface area contributed by atoms with Gasteiger partial charge in [0.2, 0.25) is 0 Å². The Morgan fingerprint density at radius 3 is 2.74 bits per heavy atom. The lowest BCUT2D eigenvalue weighted by molar-refractivity contribution is 0.543. The number of aromatic nitrogens is 2. The minimum atomic E-state index is -1.76. The fourth-order valence-electron chi connectivity index (χ4n) is 3.11. The second kappa shape index (κ2) is 7.41. The molecule has 0 radical (unpaired) electrons. The number of amidine groups is 1. The third-order valence-corrected chi connectivity index (χ3v) is 6.71. The van der Waals surface area contributed by atoms with Crippen LogP contribution in [0, 0.1) is 0 Å². The highest BCUT2D eigenvalue weighted by molar-refractivity contribution is 8.00. The number of nitrogens with zero attached hydrogens (tertiary/aromatic N) is 2. The summed E-state index contributed by atoms with van der Waals surface area (Å²) < 4.78 is 12.5. The topological polar surface area (TPSA) is 154 Å². The lowest BCUT2D eigenvalue weighted by Gasteiger charge is -2.27. The molecule has 1 aliphatic heterocycles. The van der Waals surface area contributed by atoms with Gasteiger partial charge in [-0.1, -0.05) is 18.2 Å². The van der Waals surface area contributed by atoms with Gasteiger partial charge in [-0.2, -0.15) is 5.10 Å². The SMILES string of the molecule is N/N=C(\N)c1c(-c2cccc3[nH]cnc23)ccc(SC2CNC2)c1[S+](N)[O-]. The number of hydrogen-bond acceptors (Lipinski definition) is 7. The Kier molecular flexibility index (Phi) is 4.98. The van der Waals surface area contributed by atoms with E-state index < -0.39 is 11.4 Å². The number of benzene rings is 2. The first-order valence-electron chi connectivity index (χ1n) is 8.27. The number of aromatic amines is 1. The Morgan fingerprint density at radius 1 is 1.26 bits per heavy atom. The minimum absolute atomic E-state index is 0.0838. The molecule has 0 amide bonds. The molecule has 2 heterocycles. The number of H-pyrrole nitrogens is 1. The Hall–Kier alpha value is -2.24. The van der Waals surface area contributed by atoms with E-state index in [0.717, 1.165) is 40.1 Å². The number of rotatable bonds is 5. The van der Waals surface area contributed by atoms with Crippen LogP contribution in [-0.4, -0.2) is 38.7 Å². The van der Waals surface area contributed by atoms with Gasteiger partial charge in [0.15, 0.2) is 10.7 Å². The summed E-state index contributed by atoms with van der Waals surface area (Å²) in [5.74, 6) is 5.57. The van der Waals surface area contributed by atoms with Gasteiger partial charge < -0.3 is 26.4 Å². The molecule has 1 atom stereocenters. The Morgan fingerprint density at radius 2 is 2.07 bits per heavy atom. The van der Waals surface area contributed by atoms with Gasteiger partial charge in [-0.15, -0.1) is 16.9 Å². The Labute approximate surface area is 163 Å². The quantitative estimate of drug-likeness (QED) is 0.140. The maximum atomic E-state index is 12.5. The van der Waals surface area contributed by atoms with Crippen LogP contribution in [0.2, 0.25) is 0 Å². The first-order chi connectivity index (χ1) is 13.1. The number of hydrazone groups is 1. The molecule has 2 aromatic carbocycles. The van der Waals surface area contributed by atoms with Crippen molar-refractivity contribution in [1.29, 1.82) is 0 Å². The van der Waals surface area contributed by atoms with Crippen LogP contribution >= 0.6 is 11.8 Å². The first kappa shape index (κ1) is 18.1. The van der Waals surface area contributed by atoms with Gasteiger partial charge in [0.1, 0.15) is 0 Å². The van der Waals surface area contributed by atoms with Crippen molar-refractivity contribution in [2.24, 2.45) is 21.8 Å². The smallest absolute Gasteiger partial charge is 0.198 e. The normalized spacial score (nSPS) is 16.4. The molecule has 1 saturated heterocycles. The summed E-state index contributed by atoms with van der Waals surface area (Å²) in [5, 5.41) is 13.1. The summed E-state index contributed by atoms with van der Waals surface area (Å²) in [4.78, 5) is 8.76. The molecular formula is C17H19N7OS2. The van der Waals surface area contributed by atoms with E-state index in [9.17, 15) is 4.55 Å². The molecule has 3 aromatic rings. The molecule has 1 aromatic heterocycles. The average molecular weight is 402 g/mol. The van der Waals surface area contributed by atoms with E-state index in [1.807, 2.05) is 30.3 Å². The van der Waals surface area contributed by atoms with E-state index in [0.29, 0.717) is 15.7 Å². The monoisotopic (exact) mass is 401 g/mol. The Balaban J connectivity index is 1.96. The van der Waals surface area contributed by atoms with E-state index in [2.05, 4.69) is 20.4 Å². The predicted molar refractivity (Wildman–Crippen MR) is 110 cm³/mol. The van der Waals surface area contributed by atoms with Crippen molar-refractivity contribution >= 4 is 40.0 Å². The predicted octanol–water partition coefficient (Wildman–Crippen LogP) is 0.854. The fraction of sp³-hybridized carbons (Fsp3) is 0.176. The van der Waals surface area contributed by atoms with Gasteiger partial charge in [0.05, 0.1) is 39.2 Å². The molecule has 10 heteroatoms. The van der Waals surface area contributed by atoms with Crippen LogP contribution in [0.5, 0.6) is 0 Å². The molecule has 27 heavy (non-hydrogen) atoms. The number of fused-ring (bicyclic) bond motifs is 1. The van der Waals surface area contributed by atoms with Crippen molar-refractivity contribution in [1.82, 2.24) is 15.3 Å². The summed E-state index contributed by atoms with van der Waals surface area (Å²) in [7, 11) is 0. The van der Waals surface area contributed by atoms with Gasteiger partial charge in [0.25, 0.3) is 0 Å². The Bertz CT molecular complexity index is 1010. The van der Waals surface area contributed by atoms with Crippen LogP contribution < -0.4 is 22.0 Å². The third-order valence-electron chi connectivity index (χ3n) is 4.50. The van der Waals surface area contributed by atoms with Crippen LogP contribution in [0.3, 0.4) is 0 Å². The van der Waals surface area contributed by atoms with Crippen LogP contribution in [-0.2, 0) is 11.4 Å². The zero-order valence-corrected chi connectivity index (χ0v) is 15.9. The molecule has 8 nitrogen and oxygen atoms in total. The van der Waals surface area contributed by atoms with E-state index >= 15 is 0 Å². The van der Waals surface area contributed by atoms with Crippen molar-refractivity contribution in [2.45, 2.75) is 15.0 Å². The molecule has 0 saturated carbocycles. The molecule has 0 aliphatic carbocycles. The van der Waals surface area contributed by atoms with Crippen LogP contribution in [0.25, 0.3) is 22.2 Å². The maximum Gasteiger partial charge on any atom is 0.198 e. The largest absolute Gasteiger partial charge is 0.593 e. The van der Waals surface area contributed by atoms with Gasteiger partial charge in [-0.05, 0) is 12.1 Å². The zero-order valence-electron chi connectivity index (χ0n) is 14.3. The highest BCUT2D eigenvalue weighted by Gasteiger charge is 2.29. The van der Waals surface area contributed by atoms with E-state index in [-0.39, 0.29) is 5.84 Å². The standard InChI is InChI=1S/C17H19N7OS2/c18-17(24-19)14-10(11-2-1-3-12-15(11)23-8-22-12)4-5-13(16(14)27(20)25)26-9-6-21-7-9/h1-5,8-9,21H,6-7,19-20H2,(H2,18,24)(H,22,23). The highest BCUT2D eigenvalue weighted by Crippen LogP contribution is 2.39. The highest BCUT2D eigenvalue weighted by atomic mass is 32.2. The van der Waals surface area contributed by atoms with Crippen molar-refractivity contribution in [3.63, 3.8) is 0 Å². The second-order valence-corrected chi connectivity index (χ2v) is 8.47. The molecular weight excluding hydrogens is 382 g/mol. The third kappa shape index (κ3) is 3.26. The molecule has 140 valence electrons. The number of hydrogen-bond donors (Lipinski definition) is 5. The molecule has 1 aliphatic rings. The van der Waals surface area contributed by atoms with Crippen molar-refractivity contribution in [3.8, 4) is 11.1 Å². The van der Waals surface area contributed by atoms with Gasteiger partial charge in [-0.3, -0.25) is 0 Å². The number of imidazole rings is 1. The maximum absolute atomic E-state index is 12.5. The molecule has 1 fully saturated rings. The summed E-state index contributed by atoms with van der Waals surface area (Å²) in [5.41, 5.74) is 9.85. The summed E-state index contributed by atoms with van der Waals surface area (Å²) >= 11 is -0.135. The van der Waals surface area contributed by atoms with Crippen molar-refractivity contribution in [3.05, 3.63) is 42.2 Å². The van der Waals surface area contributed by atoms with Crippen LogP contribution in [0.1, 0.15) is 5.56 Å². The number of nitrogens with two attached hydrogens (primary N) is 3. The van der Waals surface area contributed by atoms with E-state index in [1.165, 1.54) is 0 Å². The van der Waals surface area contributed by atoms with E-state index in [1.54, 1.807) is 18.1 Å². The molecule has 8 N–H and O–H groups in total. The second-order valence-electron chi connectivity index (χ2n) is 6.13. The lowest BCUT2D eigenvalue weighted by Crippen LogP contribution is -2.44. The lowest BCUT2D eigenvalue weighted by atomic mass is 9.97. The van der Waals surface area contributed by atoms with E-state index in [4.69, 9.17) is 16.7 Å². The average Bonchev–Trinajstić information content (AvgIpc) is 3.12. The zero-order chi connectivity index (χ0) is 19.0. The summed E-state index contributed by atoms with van der Waals surface area (Å²) in [6, 6.07) is 9.63.